The Bertz CT molecular complexity index is 419. The quantitative estimate of drug-likeness (QED) is 0.845. The second-order valence-corrected chi connectivity index (χ2v) is 4.82. The van der Waals surface area contributed by atoms with Crippen molar-refractivity contribution in [2.24, 2.45) is 5.92 Å². The van der Waals surface area contributed by atoms with E-state index in [1.54, 1.807) is 18.0 Å². The van der Waals surface area contributed by atoms with Crippen molar-refractivity contribution in [2.75, 3.05) is 16.8 Å². The first kappa shape index (κ1) is 11.8. The summed E-state index contributed by atoms with van der Waals surface area (Å²) >= 11 is 0. The van der Waals surface area contributed by atoms with E-state index in [0.717, 1.165) is 18.7 Å². The summed E-state index contributed by atoms with van der Waals surface area (Å²) in [5.74, 6) is 1.22. The van der Waals surface area contributed by atoms with Gasteiger partial charge in [-0.2, -0.15) is 5.10 Å². The third-order valence-electron chi connectivity index (χ3n) is 2.91. The lowest BCUT2D eigenvalue weighted by Crippen LogP contribution is -2.48. The number of hydrogen-bond donors (Lipinski definition) is 1. The number of anilines is 2. The van der Waals surface area contributed by atoms with Crippen LogP contribution in [0.15, 0.2) is 12.3 Å². The van der Waals surface area contributed by atoms with Crippen molar-refractivity contribution < 1.29 is 4.79 Å². The molecule has 1 aromatic heterocycles. The molecule has 0 unspecified atom stereocenters. The van der Waals surface area contributed by atoms with E-state index in [2.05, 4.69) is 29.4 Å². The lowest BCUT2D eigenvalue weighted by molar-refractivity contribution is -0.117. The predicted octanol–water partition coefficient (Wildman–Crippen LogP) is 1.67. The Labute approximate surface area is 101 Å². The molecule has 0 radical (unpaired) electrons. The molecular formula is C12H18N4O. The lowest BCUT2D eigenvalue weighted by atomic mass is 10.0. The van der Waals surface area contributed by atoms with Gasteiger partial charge in [-0.1, -0.05) is 13.8 Å². The number of hydrogen-bond acceptors (Lipinski definition) is 4. The first-order chi connectivity index (χ1) is 8.09. The molecule has 1 aliphatic heterocycles. The maximum absolute atomic E-state index is 11.8. The molecule has 2 heterocycles. The fraction of sp³-hybridized carbons (Fsp3) is 0.583. The van der Waals surface area contributed by atoms with Crippen molar-refractivity contribution in [1.82, 2.24) is 10.2 Å². The van der Waals surface area contributed by atoms with Gasteiger partial charge in [0.1, 0.15) is 0 Å². The van der Waals surface area contributed by atoms with E-state index in [1.807, 2.05) is 6.07 Å². The number of rotatable bonds is 2. The fourth-order valence-electron chi connectivity index (χ4n) is 2.27. The van der Waals surface area contributed by atoms with Gasteiger partial charge in [0, 0.05) is 13.5 Å². The highest BCUT2D eigenvalue weighted by molar-refractivity contribution is 5.95. The normalized spacial score (nSPS) is 18.8. The Morgan fingerprint density at radius 2 is 2.41 bits per heavy atom. The molecule has 0 spiro atoms. The van der Waals surface area contributed by atoms with Gasteiger partial charge in [0.15, 0.2) is 5.82 Å². The number of nitrogens with one attached hydrogen (secondary N) is 1. The summed E-state index contributed by atoms with van der Waals surface area (Å²) in [6.07, 6.45) is 2.59. The highest BCUT2D eigenvalue weighted by Gasteiger charge is 2.30. The molecule has 5 nitrogen and oxygen atoms in total. The van der Waals surface area contributed by atoms with Crippen LogP contribution in [0.25, 0.3) is 0 Å². The molecule has 1 amide bonds. The Morgan fingerprint density at radius 1 is 1.65 bits per heavy atom. The van der Waals surface area contributed by atoms with Crippen LogP contribution >= 0.6 is 0 Å². The molecule has 0 bridgehead atoms. The average Bonchev–Trinajstić information content (AvgIpc) is 2.27. The van der Waals surface area contributed by atoms with Gasteiger partial charge in [0.05, 0.1) is 17.9 Å². The van der Waals surface area contributed by atoms with Crippen LogP contribution in [0.3, 0.4) is 0 Å². The predicted molar refractivity (Wildman–Crippen MR) is 66.9 cm³/mol. The summed E-state index contributed by atoms with van der Waals surface area (Å²) < 4.78 is 0. The standard InChI is InChI=1S/C12H18N4O/c1-8(2)6-10-7-13-11-4-5-14-15-12(11)16(10)9(3)17/h4-5,8,10,13H,6-7H2,1-3H3/t10-/m1/s1. The van der Waals surface area contributed by atoms with Crippen molar-refractivity contribution in [3.05, 3.63) is 12.3 Å². The van der Waals surface area contributed by atoms with Crippen LogP contribution in [0.1, 0.15) is 27.2 Å². The van der Waals surface area contributed by atoms with Crippen molar-refractivity contribution >= 4 is 17.4 Å². The molecule has 0 fully saturated rings. The van der Waals surface area contributed by atoms with Gasteiger partial charge in [-0.25, -0.2) is 0 Å². The molecular weight excluding hydrogens is 216 g/mol. The SMILES string of the molecule is CC(=O)N1c2nnccc2NC[C@H]1CC(C)C. The van der Waals surface area contributed by atoms with Gasteiger partial charge < -0.3 is 5.32 Å². The van der Waals surface area contributed by atoms with Gasteiger partial charge in [-0.15, -0.1) is 5.10 Å². The zero-order valence-electron chi connectivity index (χ0n) is 10.5. The maximum Gasteiger partial charge on any atom is 0.225 e. The van der Waals surface area contributed by atoms with Crippen LogP contribution in [0.2, 0.25) is 0 Å². The molecule has 0 saturated heterocycles. The van der Waals surface area contributed by atoms with Crippen molar-refractivity contribution in [2.45, 2.75) is 33.2 Å². The molecule has 5 heteroatoms. The van der Waals surface area contributed by atoms with E-state index in [0.29, 0.717) is 11.7 Å². The fourth-order valence-corrected chi connectivity index (χ4v) is 2.27. The Kier molecular flexibility index (Phi) is 3.26. The summed E-state index contributed by atoms with van der Waals surface area (Å²) in [5, 5.41) is 11.2. The highest BCUT2D eigenvalue weighted by Crippen LogP contribution is 2.30. The van der Waals surface area contributed by atoms with Crippen LogP contribution in [-0.2, 0) is 4.79 Å². The van der Waals surface area contributed by atoms with Crippen molar-refractivity contribution in [1.29, 1.82) is 0 Å². The highest BCUT2D eigenvalue weighted by atomic mass is 16.2. The second kappa shape index (κ2) is 4.69. The van der Waals surface area contributed by atoms with E-state index in [-0.39, 0.29) is 11.9 Å². The maximum atomic E-state index is 11.8. The zero-order chi connectivity index (χ0) is 12.4. The van der Waals surface area contributed by atoms with E-state index < -0.39 is 0 Å². The summed E-state index contributed by atoms with van der Waals surface area (Å²) in [7, 11) is 0. The van der Waals surface area contributed by atoms with E-state index >= 15 is 0 Å². The average molecular weight is 234 g/mol. The van der Waals surface area contributed by atoms with E-state index in [1.165, 1.54) is 0 Å². The Hall–Kier alpha value is -1.65. The van der Waals surface area contributed by atoms with Crippen LogP contribution in [-0.4, -0.2) is 28.7 Å². The molecule has 2 rings (SSSR count). The minimum Gasteiger partial charge on any atom is -0.380 e. The van der Waals surface area contributed by atoms with Gasteiger partial charge in [0.2, 0.25) is 5.91 Å². The summed E-state index contributed by atoms with van der Waals surface area (Å²) in [6, 6.07) is 2.01. The van der Waals surface area contributed by atoms with Crippen LogP contribution in [0.4, 0.5) is 11.5 Å². The van der Waals surface area contributed by atoms with Crippen LogP contribution in [0.5, 0.6) is 0 Å². The molecule has 0 aromatic carbocycles. The molecule has 1 atom stereocenters. The Balaban J connectivity index is 2.32. The van der Waals surface area contributed by atoms with Gasteiger partial charge in [0.25, 0.3) is 0 Å². The Morgan fingerprint density at radius 3 is 3.06 bits per heavy atom. The second-order valence-electron chi connectivity index (χ2n) is 4.82. The van der Waals surface area contributed by atoms with Crippen molar-refractivity contribution in [3.8, 4) is 0 Å². The molecule has 1 aliphatic rings. The van der Waals surface area contributed by atoms with Gasteiger partial charge in [-0.05, 0) is 18.4 Å². The molecule has 0 aliphatic carbocycles. The molecule has 17 heavy (non-hydrogen) atoms. The number of carbonyl (C=O) groups excluding carboxylic acids is 1. The smallest absolute Gasteiger partial charge is 0.225 e. The van der Waals surface area contributed by atoms with Gasteiger partial charge >= 0.3 is 0 Å². The number of fused-ring (bicyclic) bond motifs is 1. The molecule has 1 N–H and O–H groups in total. The number of carbonyl (C=O) groups is 1. The third-order valence-corrected chi connectivity index (χ3v) is 2.91. The van der Waals surface area contributed by atoms with Crippen molar-refractivity contribution in [3.63, 3.8) is 0 Å². The molecule has 92 valence electrons. The van der Waals surface area contributed by atoms with Gasteiger partial charge in [-0.3, -0.25) is 9.69 Å². The monoisotopic (exact) mass is 234 g/mol. The van der Waals surface area contributed by atoms with Crippen LogP contribution in [0, 0.1) is 5.92 Å². The molecule has 0 saturated carbocycles. The third kappa shape index (κ3) is 2.38. The van der Waals surface area contributed by atoms with Crippen LogP contribution < -0.4 is 10.2 Å². The van der Waals surface area contributed by atoms with E-state index in [4.69, 9.17) is 0 Å². The summed E-state index contributed by atoms with van der Waals surface area (Å²) in [6.45, 7) is 6.67. The topological polar surface area (TPSA) is 58.1 Å². The first-order valence-corrected chi connectivity index (χ1v) is 5.95. The number of amides is 1. The minimum atomic E-state index is 0.0268. The molecule has 1 aromatic rings. The number of nitrogens with zero attached hydrogens (tertiary/aromatic N) is 3. The summed E-state index contributed by atoms with van der Waals surface area (Å²) in [5.41, 5.74) is 0.884. The number of aromatic nitrogens is 2. The van der Waals surface area contributed by atoms with E-state index in [9.17, 15) is 4.79 Å². The lowest BCUT2D eigenvalue weighted by Gasteiger charge is -2.36. The largest absolute Gasteiger partial charge is 0.380 e. The first-order valence-electron chi connectivity index (χ1n) is 5.95. The minimum absolute atomic E-state index is 0.0268. The summed E-state index contributed by atoms with van der Waals surface area (Å²) in [4.78, 5) is 13.5. The zero-order valence-corrected chi connectivity index (χ0v) is 10.5.